The average molecular weight is 532 g/mol. The van der Waals surface area contributed by atoms with Gasteiger partial charge in [-0.15, -0.1) is 0 Å². The number of carboxylic acids is 1. The van der Waals surface area contributed by atoms with E-state index in [1.165, 1.54) is 12.0 Å². The van der Waals surface area contributed by atoms with Crippen LogP contribution in [0.25, 0.3) is 5.69 Å². The largest absolute Gasteiger partial charge is 0.481 e. The molecule has 0 amide bonds. The fraction of sp³-hybridized carbons (Fsp3) is 0.516. The number of aliphatic hydroxyl groups is 1. The monoisotopic (exact) mass is 531 g/mol. The summed E-state index contributed by atoms with van der Waals surface area (Å²) in [5.41, 5.74) is 4.86. The lowest BCUT2D eigenvalue weighted by Gasteiger charge is -2.24. The van der Waals surface area contributed by atoms with Crippen molar-refractivity contribution < 1.29 is 15.0 Å². The van der Waals surface area contributed by atoms with Crippen molar-refractivity contribution in [3.8, 4) is 5.69 Å². The molecule has 1 fully saturated rings. The lowest BCUT2D eigenvalue weighted by Crippen LogP contribution is -2.28. The summed E-state index contributed by atoms with van der Waals surface area (Å²) in [7, 11) is 0. The molecular weight excluding hydrogens is 490 g/mol. The highest BCUT2D eigenvalue weighted by Gasteiger charge is 2.27. The van der Waals surface area contributed by atoms with E-state index in [9.17, 15) is 15.0 Å². The number of carboxylic acid groups (broad SMARTS) is 1. The van der Waals surface area contributed by atoms with Gasteiger partial charge in [-0.25, -0.2) is 9.67 Å². The molecule has 0 bridgehead atoms. The fourth-order valence-corrected chi connectivity index (χ4v) is 5.93. The molecule has 1 saturated heterocycles. The van der Waals surface area contributed by atoms with Gasteiger partial charge in [-0.05, 0) is 101 Å². The predicted molar refractivity (Wildman–Crippen MR) is 152 cm³/mol. The third-order valence-corrected chi connectivity index (χ3v) is 8.13. The molecule has 8 nitrogen and oxygen atoms in total. The lowest BCUT2D eigenvalue weighted by molar-refractivity contribution is -0.137. The zero-order valence-corrected chi connectivity index (χ0v) is 23.4. The van der Waals surface area contributed by atoms with E-state index in [1.807, 2.05) is 41.9 Å². The van der Waals surface area contributed by atoms with Crippen LogP contribution in [0.2, 0.25) is 0 Å². The van der Waals surface area contributed by atoms with Crippen LogP contribution in [-0.4, -0.2) is 62.0 Å². The maximum absolute atomic E-state index is 11.8. The van der Waals surface area contributed by atoms with Crippen molar-refractivity contribution in [1.82, 2.24) is 19.7 Å². The minimum absolute atomic E-state index is 0.0870. The molecule has 0 spiro atoms. The van der Waals surface area contributed by atoms with Crippen LogP contribution in [0.3, 0.4) is 0 Å². The molecule has 3 N–H and O–H groups in total. The van der Waals surface area contributed by atoms with Gasteiger partial charge in [0.15, 0.2) is 0 Å². The number of carbonyl (C=O) groups is 1. The van der Waals surface area contributed by atoms with E-state index in [0.29, 0.717) is 11.6 Å². The highest BCUT2D eigenvalue weighted by molar-refractivity contribution is 5.68. The Hall–Kier alpha value is -3.23. The zero-order valence-electron chi connectivity index (χ0n) is 23.4. The number of nitrogens with zero attached hydrogens (tertiary/aromatic N) is 4. The smallest absolute Gasteiger partial charge is 0.304 e. The second kappa shape index (κ2) is 11.5. The van der Waals surface area contributed by atoms with Gasteiger partial charge < -0.3 is 20.4 Å². The van der Waals surface area contributed by atoms with Crippen LogP contribution < -0.4 is 5.32 Å². The van der Waals surface area contributed by atoms with Gasteiger partial charge in [0, 0.05) is 36.9 Å². The predicted octanol–water partition coefficient (Wildman–Crippen LogP) is 4.67. The molecule has 0 saturated carbocycles. The Balaban J connectivity index is 1.23. The van der Waals surface area contributed by atoms with Gasteiger partial charge in [-0.2, -0.15) is 5.10 Å². The highest BCUT2D eigenvalue weighted by Crippen LogP contribution is 2.29. The first-order valence-electron chi connectivity index (χ1n) is 14.2. The number of nitrogens with one attached hydrogen (secondary N) is 1. The van der Waals surface area contributed by atoms with Crippen LogP contribution in [-0.2, 0) is 23.2 Å². The SMILES string of the molecule is Cc1cc(C(C)(C)O)nn1-c1cccc([C@H](CC(=O)O)CN2CC[C@@H](CCc3ccc4c(n3)NCCC4)C2)c1. The molecule has 3 aromatic rings. The van der Waals surface area contributed by atoms with E-state index >= 15 is 0 Å². The van der Waals surface area contributed by atoms with E-state index in [-0.39, 0.29) is 12.3 Å². The maximum atomic E-state index is 11.8. The third-order valence-electron chi connectivity index (χ3n) is 8.13. The second-order valence-electron chi connectivity index (χ2n) is 11.8. The van der Waals surface area contributed by atoms with Crippen LogP contribution in [0.5, 0.6) is 0 Å². The zero-order chi connectivity index (χ0) is 27.6. The number of rotatable bonds is 10. The molecular formula is C31H41N5O3. The van der Waals surface area contributed by atoms with E-state index in [0.717, 1.165) is 80.3 Å². The summed E-state index contributed by atoms with van der Waals surface area (Å²) in [6.07, 6.45) is 5.58. The van der Waals surface area contributed by atoms with E-state index in [2.05, 4.69) is 27.4 Å². The minimum atomic E-state index is -1.03. The molecule has 0 unspecified atom stereocenters. The summed E-state index contributed by atoms with van der Waals surface area (Å²) in [4.78, 5) is 19.1. The van der Waals surface area contributed by atoms with Crippen LogP contribution in [0, 0.1) is 12.8 Å². The van der Waals surface area contributed by atoms with Crippen LogP contribution >= 0.6 is 0 Å². The normalized spacial score (nSPS) is 18.5. The Kier molecular flexibility index (Phi) is 8.05. The van der Waals surface area contributed by atoms with E-state index in [4.69, 9.17) is 4.98 Å². The lowest BCUT2D eigenvalue weighted by atomic mass is 9.94. The van der Waals surface area contributed by atoms with Gasteiger partial charge in [-0.3, -0.25) is 4.79 Å². The summed E-state index contributed by atoms with van der Waals surface area (Å²) in [5, 5.41) is 28.2. The van der Waals surface area contributed by atoms with E-state index < -0.39 is 11.6 Å². The van der Waals surface area contributed by atoms with Gasteiger partial charge >= 0.3 is 5.97 Å². The van der Waals surface area contributed by atoms with E-state index in [1.54, 1.807) is 13.8 Å². The summed E-state index contributed by atoms with van der Waals surface area (Å²) in [6.45, 7) is 9.12. The molecule has 2 atom stereocenters. The summed E-state index contributed by atoms with van der Waals surface area (Å²) >= 11 is 0. The van der Waals surface area contributed by atoms with Crippen molar-refractivity contribution in [1.29, 1.82) is 0 Å². The Labute approximate surface area is 231 Å². The third kappa shape index (κ3) is 6.68. The number of aliphatic carboxylic acids is 1. The van der Waals surface area contributed by atoms with Gasteiger partial charge in [0.25, 0.3) is 0 Å². The number of aromatic nitrogens is 3. The molecule has 1 aromatic carbocycles. The molecule has 39 heavy (non-hydrogen) atoms. The van der Waals surface area contributed by atoms with Gasteiger partial charge in [-0.1, -0.05) is 18.2 Å². The Bertz CT molecular complexity index is 1310. The first-order chi connectivity index (χ1) is 18.7. The number of pyridine rings is 1. The fourth-order valence-electron chi connectivity index (χ4n) is 5.93. The molecule has 0 aliphatic carbocycles. The van der Waals surface area contributed by atoms with Crippen molar-refractivity contribution >= 4 is 11.8 Å². The molecule has 4 heterocycles. The number of anilines is 1. The van der Waals surface area contributed by atoms with Crippen LogP contribution in [0.1, 0.15) is 73.7 Å². The number of hydrogen-bond donors (Lipinski definition) is 3. The number of aryl methyl sites for hydroxylation is 3. The number of benzene rings is 1. The number of hydrogen-bond acceptors (Lipinski definition) is 6. The van der Waals surface area contributed by atoms with Crippen LogP contribution in [0.15, 0.2) is 42.5 Å². The van der Waals surface area contributed by atoms with Crippen molar-refractivity contribution in [2.45, 2.75) is 70.8 Å². The second-order valence-corrected chi connectivity index (χ2v) is 11.8. The summed E-state index contributed by atoms with van der Waals surface area (Å²) < 4.78 is 1.82. The maximum Gasteiger partial charge on any atom is 0.304 e. The van der Waals surface area contributed by atoms with Crippen molar-refractivity contribution in [2.75, 3.05) is 31.5 Å². The average Bonchev–Trinajstić information content (AvgIpc) is 3.53. The molecule has 5 rings (SSSR count). The molecule has 2 aromatic heterocycles. The van der Waals surface area contributed by atoms with Gasteiger partial charge in [0.1, 0.15) is 11.4 Å². The summed E-state index contributed by atoms with van der Waals surface area (Å²) in [6, 6.07) is 14.3. The molecule has 208 valence electrons. The molecule has 8 heteroatoms. The number of likely N-dealkylation sites (tertiary alicyclic amines) is 1. The van der Waals surface area contributed by atoms with Gasteiger partial charge in [0.2, 0.25) is 0 Å². The van der Waals surface area contributed by atoms with Crippen molar-refractivity contribution in [3.63, 3.8) is 0 Å². The first kappa shape index (κ1) is 27.3. The molecule has 2 aliphatic rings. The van der Waals surface area contributed by atoms with Crippen molar-refractivity contribution in [2.24, 2.45) is 5.92 Å². The Morgan fingerprint density at radius 1 is 1.23 bits per heavy atom. The molecule has 0 radical (unpaired) electrons. The minimum Gasteiger partial charge on any atom is -0.481 e. The summed E-state index contributed by atoms with van der Waals surface area (Å²) in [5.74, 6) is 0.763. The molecule has 2 aliphatic heterocycles. The Morgan fingerprint density at radius 3 is 2.85 bits per heavy atom. The van der Waals surface area contributed by atoms with Crippen molar-refractivity contribution in [3.05, 3.63) is 70.7 Å². The van der Waals surface area contributed by atoms with Crippen LogP contribution in [0.4, 0.5) is 5.82 Å². The standard InChI is InChI=1S/C31H41N5O3/c1-21-16-28(31(2,3)39)34-36(21)27-8-4-6-24(17-27)25(18-29(37)38)20-35-15-13-22(19-35)9-11-26-12-10-23-7-5-14-32-30(23)33-26/h4,6,8,10,12,16-17,22,25,39H,5,7,9,11,13-15,18-20H2,1-3H3,(H,32,33)(H,37,38)/t22-,25-/m1/s1. The van der Waals surface area contributed by atoms with Gasteiger partial charge in [0.05, 0.1) is 17.8 Å². The topological polar surface area (TPSA) is 104 Å². The quantitative estimate of drug-likeness (QED) is 0.349. The first-order valence-corrected chi connectivity index (χ1v) is 14.2. The highest BCUT2D eigenvalue weighted by atomic mass is 16.4. The Morgan fingerprint density at radius 2 is 2.08 bits per heavy atom. The number of fused-ring (bicyclic) bond motifs is 1.